The minimum Gasteiger partial charge on any atom is -0.356 e. The first-order valence-corrected chi connectivity index (χ1v) is 16.3. The second-order valence-corrected chi connectivity index (χ2v) is 14.8. The fourth-order valence-electron chi connectivity index (χ4n) is 5.73. The molecule has 0 amide bonds. The number of aryl methyl sites for hydroxylation is 1. The summed E-state index contributed by atoms with van der Waals surface area (Å²) in [5.74, 6) is 1.12. The van der Waals surface area contributed by atoms with Crippen LogP contribution in [0.15, 0.2) is 48.9 Å². The molecule has 2 aromatic heterocycles. The van der Waals surface area contributed by atoms with Gasteiger partial charge in [0.25, 0.3) is 0 Å². The number of sulfone groups is 1. The van der Waals surface area contributed by atoms with Crippen molar-refractivity contribution in [3.63, 3.8) is 0 Å². The molecule has 3 heterocycles. The van der Waals surface area contributed by atoms with E-state index in [1.807, 2.05) is 49.6 Å². The lowest BCUT2D eigenvalue weighted by atomic mass is 9.86. The molecule has 1 atom stereocenters. The third-order valence-corrected chi connectivity index (χ3v) is 12.2. The highest BCUT2D eigenvalue weighted by molar-refractivity contribution is 7.92. The third kappa shape index (κ3) is 5.83. The summed E-state index contributed by atoms with van der Waals surface area (Å²) in [6.45, 7) is 0.369. The zero-order valence-electron chi connectivity index (χ0n) is 21.2. The van der Waals surface area contributed by atoms with E-state index in [-0.39, 0.29) is 36.6 Å². The van der Waals surface area contributed by atoms with E-state index in [2.05, 4.69) is 19.9 Å². The van der Waals surface area contributed by atoms with Crippen molar-refractivity contribution < 1.29 is 16.8 Å². The highest BCUT2D eigenvalue weighted by Crippen LogP contribution is 2.33. The third-order valence-electron chi connectivity index (χ3n) is 8.00. The molecule has 37 heavy (non-hydrogen) atoms. The lowest BCUT2D eigenvalue weighted by molar-refractivity contribution is 0.336. The molecule has 200 valence electrons. The first-order valence-electron chi connectivity index (χ1n) is 13.0. The van der Waals surface area contributed by atoms with Gasteiger partial charge in [-0.05, 0) is 56.1 Å². The largest absolute Gasteiger partial charge is 0.356 e. The molecule has 0 bridgehead atoms. The molecule has 1 aliphatic carbocycles. The predicted octanol–water partition coefficient (Wildman–Crippen LogP) is 3.01. The van der Waals surface area contributed by atoms with Crippen LogP contribution in [0.3, 0.4) is 0 Å². The van der Waals surface area contributed by atoms with Crippen molar-refractivity contribution in [1.82, 2.24) is 19.3 Å². The Morgan fingerprint density at radius 2 is 1.76 bits per heavy atom. The van der Waals surface area contributed by atoms with Crippen molar-refractivity contribution in [3.8, 4) is 0 Å². The Balaban J connectivity index is 1.13. The maximum atomic E-state index is 13.2. The molecule has 11 heteroatoms. The van der Waals surface area contributed by atoms with Gasteiger partial charge in [-0.25, -0.2) is 31.1 Å². The van der Waals surface area contributed by atoms with E-state index in [1.54, 1.807) is 6.33 Å². The molecule has 0 unspecified atom stereocenters. The predicted molar refractivity (Wildman–Crippen MR) is 146 cm³/mol. The zero-order chi connectivity index (χ0) is 26.0. The number of anilines is 1. The zero-order valence-corrected chi connectivity index (χ0v) is 22.8. The Bertz CT molecular complexity index is 1420. The Morgan fingerprint density at radius 3 is 2.51 bits per heavy atom. The van der Waals surface area contributed by atoms with Crippen LogP contribution in [0.4, 0.5) is 5.82 Å². The summed E-state index contributed by atoms with van der Waals surface area (Å²) in [5, 5.41) is 0.366. The summed E-state index contributed by atoms with van der Waals surface area (Å²) in [6, 6.07) is 11.8. The Kier molecular flexibility index (Phi) is 7.56. The van der Waals surface area contributed by atoms with Crippen LogP contribution in [0.2, 0.25) is 0 Å². The van der Waals surface area contributed by atoms with E-state index in [1.165, 1.54) is 4.31 Å². The number of benzene rings is 1. The van der Waals surface area contributed by atoms with Gasteiger partial charge in [-0.2, -0.15) is 0 Å². The average molecular weight is 546 g/mol. The summed E-state index contributed by atoms with van der Waals surface area (Å²) in [4.78, 5) is 14.1. The van der Waals surface area contributed by atoms with Crippen molar-refractivity contribution >= 4 is 36.7 Å². The van der Waals surface area contributed by atoms with Crippen LogP contribution in [0.25, 0.3) is 11.0 Å². The van der Waals surface area contributed by atoms with E-state index in [0.717, 1.165) is 48.1 Å². The quantitative estimate of drug-likeness (QED) is 0.439. The van der Waals surface area contributed by atoms with Gasteiger partial charge in [-0.1, -0.05) is 30.3 Å². The van der Waals surface area contributed by atoms with Crippen LogP contribution >= 0.6 is 0 Å². The number of H-pyrrole nitrogens is 1. The first kappa shape index (κ1) is 26.1. The number of hydrogen-bond donors (Lipinski definition) is 1. The smallest absolute Gasteiger partial charge is 0.214 e. The van der Waals surface area contributed by atoms with Crippen molar-refractivity contribution in [3.05, 3.63) is 54.5 Å². The number of nitrogens with one attached hydrogen (secondary N) is 1. The summed E-state index contributed by atoms with van der Waals surface area (Å²) < 4.78 is 53.7. The normalized spacial score (nSPS) is 23.4. The molecule has 0 radical (unpaired) electrons. The molecule has 2 fully saturated rings. The minimum absolute atomic E-state index is 0.0501. The second kappa shape index (κ2) is 10.7. The van der Waals surface area contributed by atoms with Gasteiger partial charge in [-0.3, -0.25) is 0 Å². The van der Waals surface area contributed by atoms with Gasteiger partial charge in [0.15, 0.2) is 9.84 Å². The van der Waals surface area contributed by atoms with E-state index in [0.29, 0.717) is 12.8 Å². The van der Waals surface area contributed by atoms with Crippen molar-refractivity contribution in [2.75, 3.05) is 36.5 Å². The number of aromatic amines is 1. The van der Waals surface area contributed by atoms with Gasteiger partial charge in [0.05, 0.1) is 22.1 Å². The summed E-state index contributed by atoms with van der Waals surface area (Å²) in [6.07, 6.45) is 7.68. The lowest BCUT2D eigenvalue weighted by Crippen LogP contribution is -2.39. The fourth-order valence-corrected chi connectivity index (χ4v) is 9.48. The van der Waals surface area contributed by atoms with Gasteiger partial charge in [0, 0.05) is 32.4 Å². The number of nitrogens with zero attached hydrogens (tertiary/aromatic N) is 4. The highest BCUT2D eigenvalue weighted by Gasteiger charge is 2.39. The van der Waals surface area contributed by atoms with Gasteiger partial charge in [0.1, 0.15) is 17.8 Å². The molecule has 9 nitrogen and oxygen atoms in total. The van der Waals surface area contributed by atoms with Crippen LogP contribution in [0.5, 0.6) is 0 Å². The molecule has 1 saturated carbocycles. The number of rotatable bonds is 9. The molecule has 2 aliphatic rings. The topological polar surface area (TPSA) is 116 Å². The van der Waals surface area contributed by atoms with Crippen LogP contribution in [-0.2, 0) is 26.3 Å². The minimum atomic E-state index is -3.50. The summed E-state index contributed by atoms with van der Waals surface area (Å²) >= 11 is 0. The average Bonchev–Trinajstić information content (AvgIpc) is 3.59. The molecule has 3 aromatic rings. The SMILES string of the molecule is CN(c1ncnc2[nH]ccc12)C1CCC(CS(=O)(=O)N2CC[C@H](S(=O)(=O)CCc3ccccc3)C2)CC1. The van der Waals surface area contributed by atoms with Crippen LogP contribution in [-0.4, -0.2) is 79.0 Å². The maximum Gasteiger partial charge on any atom is 0.214 e. The molecular weight excluding hydrogens is 510 g/mol. The van der Waals surface area contributed by atoms with E-state index in [4.69, 9.17) is 0 Å². The summed E-state index contributed by atoms with van der Waals surface area (Å²) in [7, 11) is -4.82. The maximum absolute atomic E-state index is 13.2. The van der Waals surface area contributed by atoms with E-state index >= 15 is 0 Å². The van der Waals surface area contributed by atoms with Crippen molar-refractivity contribution in [2.24, 2.45) is 5.92 Å². The van der Waals surface area contributed by atoms with Crippen LogP contribution in [0, 0.1) is 5.92 Å². The molecule has 1 saturated heterocycles. The molecule has 5 rings (SSSR count). The Labute approximate surface area is 219 Å². The van der Waals surface area contributed by atoms with Crippen LogP contribution < -0.4 is 4.90 Å². The fraction of sp³-hybridized carbons (Fsp3) is 0.538. The lowest BCUT2D eigenvalue weighted by Gasteiger charge is -2.35. The number of aromatic nitrogens is 3. The highest BCUT2D eigenvalue weighted by atomic mass is 32.2. The summed E-state index contributed by atoms with van der Waals surface area (Å²) in [5.41, 5.74) is 1.79. The molecule has 1 N–H and O–H groups in total. The van der Waals surface area contributed by atoms with Gasteiger partial charge in [-0.15, -0.1) is 0 Å². The van der Waals surface area contributed by atoms with Gasteiger partial charge in [0.2, 0.25) is 10.0 Å². The number of sulfonamides is 1. The Hall–Kier alpha value is -2.50. The second-order valence-electron chi connectivity index (χ2n) is 10.4. The van der Waals surface area contributed by atoms with Crippen molar-refractivity contribution in [2.45, 2.75) is 49.8 Å². The van der Waals surface area contributed by atoms with E-state index in [9.17, 15) is 16.8 Å². The van der Waals surface area contributed by atoms with Gasteiger partial charge < -0.3 is 9.88 Å². The monoisotopic (exact) mass is 545 g/mol. The van der Waals surface area contributed by atoms with Gasteiger partial charge >= 0.3 is 0 Å². The molecular formula is C26H35N5O4S2. The van der Waals surface area contributed by atoms with Crippen LogP contribution in [0.1, 0.15) is 37.7 Å². The van der Waals surface area contributed by atoms with E-state index < -0.39 is 25.1 Å². The first-order chi connectivity index (χ1) is 17.7. The number of fused-ring (bicyclic) bond motifs is 1. The van der Waals surface area contributed by atoms with Crippen molar-refractivity contribution in [1.29, 1.82) is 0 Å². The molecule has 0 spiro atoms. The molecule has 1 aromatic carbocycles. The number of hydrogen-bond acceptors (Lipinski definition) is 7. The molecule has 1 aliphatic heterocycles. The standard InChI is InChI=1S/C26H35N5O4S2/c1-30(26-24-11-14-27-25(24)28-19-29-26)22-9-7-21(8-10-22)18-37(34,35)31-15-12-23(17-31)36(32,33)16-13-20-5-3-2-4-6-20/h2-6,11,14,19,21-23H,7-10,12-13,15-18H2,1H3,(H,27,28,29)/t21?,22?,23-/m0/s1. The Morgan fingerprint density at radius 1 is 1.00 bits per heavy atom.